The van der Waals surface area contributed by atoms with Crippen molar-refractivity contribution in [1.82, 2.24) is 5.32 Å². The van der Waals surface area contributed by atoms with E-state index in [1.807, 2.05) is 18.2 Å². The van der Waals surface area contributed by atoms with Gasteiger partial charge >= 0.3 is 5.97 Å². The number of rotatable bonds is 5. The molecule has 0 radical (unpaired) electrons. The third-order valence-electron chi connectivity index (χ3n) is 1.89. The van der Waals surface area contributed by atoms with Gasteiger partial charge in [-0.15, -0.1) is 0 Å². The summed E-state index contributed by atoms with van der Waals surface area (Å²) in [5.74, 6) is -0.323. The SMILES string of the molecule is COC(=O)/C=C\CNCc1ccccc1. The number of ether oxygens (including phenoxy) is 1. The molecule has 1 N–H and O–H groups in total. The minimum Gasteiger partial charge on any atom is -0.466 e. The van der Waals surface area contributed by atoms with E-state index in [1.165, 1.54) is 18.7 Å². The number of esters is 1. The van der Waals surface area contributed by atoms with Gasteiger partial charge in [0, 0.05) is 19.2 Å². The fourth-order valence-electron chi connectivity index (χ4n) is 1.12. The zero-order valence-corrected chi connectivity index (χ0v) is 8.77. The van der Waals surface area contributed by atoms with Crippen molar-refractivity contribution < 1.29 is 9.53 Å². The maximum Gasteiger partial charge on any atom is 0.330 e. The largest absolute Gasteiger partial charge is 0.466 e. The molecule has 15 heavy (non-hydrogen) atoms. The van der Waals surface area contributed by atoms with Gasteiger partial charge in [0.2, 0.25) is 0 Å². The fraction of sp³-hybridized carbons (Fsp3) is 0.250. The van der Waals surface area contributed by atoms with Crippen LogP contribution < -0.4 is 5.32 Å². The Kier molecular flexibility index (Phi) is 5.19. The number of hydrogen-bond donors (Lipinski definition) is 1. The molecule has 0 heterocycles. The van der Waals surface area contributed by atoms with Gasteiger partial charge in [0.15, 0.2) is 0 Å². The third-order valence-corrected chi connectivity index (χ3v) is 1.89. The van der Waals surface area contributed by atoms with Crippen LogP contribution in [0.25, 0.3) is 0 Å². The second-order valence-electron chi connectivity index (χ2n) is 3.04. The molecular formula is C12H15NO2. The molecule has 1 aromatic rings. The summed E-state index contributed by atoms with van der Waals surface area (Å²) >= 11 is 0. The molecule has 0 saturated heterocycles. The number of nitrogens with one attached hydrogen (secondary N) is 1. The summed E-state index contributed by atoms with van der Waals surface area (Å²) in [7, 11) is 1.37. The lowest BCUT2D eigenvalue weighted by Crippen LogP contribution is -2.13. The number of carbonyl (C=O) groups is 1. The van der Waals surface area contributed by atoms with E-state index in [9.17, 15) is 4.79 Å². The van der Waals surface area contributed by atoms with Crippen molar-refractivity contribution in [3.8, 4) is 0 Å². The standard InChI is InChI=1S/C12H15NO2/c1-15-12(14)8-5-9-13-10-11-6-3-2-4-7-11/h2-8,13H,9-10H2,1H3/b8-5-. The average Bonchev–Trinajstić information content (AvgIpc) is 2.29. The monoisotopic (exact) mass is 205 g/mol. The smallest absolute Gasteiger partial charge is 0.330 e. The molecule has 0 fully saturated rings. The minimum atomic E-state index is -0.323. The summed E-state index contributed by atoms with van der Waals surface area (Å²) in [4.78, 5) is 10.7. The number of hydrogen-bond acceptors (Lipinski definition) is 3. The second kappa shape index (κ2) is 6.79. The predicted octanol–water partition coefficient (Wildman–Crippen LogP) is 1.51. The van der Waals surface area contributed by atoms with Crippen LogP contribution in [-0.2, 0) is 16.1 Å². The molecule has 0 saturated carbocycles. The lowest BCUT2D eigenvalue weighted by atomic mass is 10.2. The van der Waals surface area contributed by atoms with Crippen molar-refractivity contribution >= 4 is 5.97 Å². The summed E-state index contributed by atoms with van der Waals surface area (Å²) < 4.78 is 4.46. The van der Waals surface area contributed by atoms with Crippen LogP contribution in [0.4, 0.5) is 0 Å². The van der Waals surface area contributed by atoms with Crippen LogP contribution in [0.15, 0.2) is 42.5 Å². The Hall–Kier alpha value is -1.61. The minimum absolute atomic E-state index is 0.323. The Morgan fingerprint density at radius 1 is 1.40 bits per heavy atom. The first kappa shape index (κ1) is 11.5. The topological polar surface area (TPSA) is 38.3 Å². The van der Waals surface area contributed by atoms with E-state index in [1.54, 1.807) is 6.08 Å². The van der Waals surface area contributed by atoms with Crippen molar-refractivity contribution in [3.05, 3.63) is 48.0 Å². The van der Waals surface area contributed by atoms with Crippen molar-refractivity contribution in [2.45, 2.75) is 6.54 Å². The zero-order valence-electron chi connectivity index (χ0n) is 8.77. The fourth-order valence-corrected chi connectivity index (χ4v) is 1.12. The van der Waals surface area contributed by atoms with Gasteiger partial charge in [0.05, 0.1) is 7.11 Å². The van der Waals surface area contributed by atoms with Crippen LogP contribution in [-0.4, -0.2) is 19.6 Å². The van der Waals surface area contributed by atoms with Crippen molar-refractivity contribution in [1.29, 1.82) is 0 Å². The van der Waals surface area contributed by atoms with Gasteiger partial charge in [-0.3, -0.25) is 0 Å². The molecule has 0 unspecified atom stereocenters. The predicted molar refractivity (Wildman–Crippen MR) is 59.3 cm³/mol. The van der Waals surface area contributed by atoms with Crippen molar-refractivity contribution in [2.75, 3.05) is 13.7 Å². The van der Waals surface area contributed by atoms with E-state index >= 15 is 0 Å². The summed E-state index contributed by atoms with van der Waals surface area (Å²) in [6.07, 6.45) is 3.16. The molecule has 1 rings (SSSR count). The highest BCUT2D eigenvalue weighted by Crippen LogP contribution is 1.96. The van der Waals surface area contributed by atoms with Gasteiger partial charge < -0.3 is 10.1 Å². The van der Waals surface area contributed by atoms with Crippen LogP contribution in [0.1, 0.15) is 5.56 Å². The van der Waals surface area contributed by atoms with Crippen LogP contribution >= 0.6 is 0 Å². The zero-order chi connectivity index (χ0) is 10.9. The third kappa shape index (κ3) is 4.98. The molecular weight excluding hydrogens is 190 g/mol. The van der Waals surface area contributed by atoms with E-state index in [-0.39, 0.29) is 5.97 Å². The van der Waals surface area contributed by atoms with Crippen LogP contribution in [0.2, 0.25) is 0 Å². The van der Waals surface area contributed by atoms with Crippen molar-refractivity contribution in [3.63, 3.8) is 0 Å². The Balaban J connectivity index is 2.17. The van der Waals surface area contributed by atoms with Gasteiger partial charge in [-0.2, -0.15) is 0 Å². The Morgan fingerprint density at radius 2 is 2.13 bits per heavy atom. The highest BCUT2D eigenvalue weighted by Gasteiger charge is 1.90. The summed E-state index contributed by atoms with van der Waals surface area (Å²) in [5.41, 5.74) is 1.23. The normalized spacial score (nSPS) is 10.5. The molecule has 0 aliphatic rings. The molecule has 0 bridgehead atoms. The molecule has 0 aromatic heterocycles. The molecule has 0 atom stereocenters. The molecule has 1 aromatic carbocycles. The van der Waals surface area contributed by atoms with Gasteiger partial charge in [-0.05, 0) is 5.56 Å². The Bertz CT molecular complexity index is 320. The lowest BCUT2D eigenvalue weighted by Gasteiger charge is -2.00. The van der Waals surface area contributed by atoms with Gasteiger partial charge in [-0.25, -0.2) is 4.79 Å². The molecule has 3 heteroatoms. The van der Waals surface area contributed by atoms with Gasteiger partial charge in [-0.1, -0.05) is 36.4 Å². The molecule has 0 aliphatic heterocycles. The van der Waals surface area contributed by atoms with E-state index in [0.717, 1.165) is 6.54 Å². The van der Waals surface area contributed by atoms with E-state index in [2.05, 4.69) is 22.2 Å². The molecule has 0 aliphatic carbocycles. The van der Waals surface area contributed by atoms with Crippen molar-refractivity contribution in [2.24, 2.45) is 0 Å². The van der Waals surface area contributed by atoms with Crippen LogP contribution in [0, 0.1) is 0 Å². The first-order valence-electron chi connectivity index (χ1n) is 4.82. The first-order chi connectivity index (χ1) is 7.33. The average molecular weight is 205 g/mol. The van der Waals surface area contributed by atoms with Crippen LogP contribution in [0.3, 0.4) is 0 Å². The molecule has 80 valence electrons. The quantitative estimate of drug-likeness (QED) is 0.450. The molecule has 0 spiro atoms. The van der Waals surface area contributed by atoms with E-state index in [4.69, 9.17) is 0 Å². The van der Waals surface area contributed by atoms with Gasteiger partial charge in [0.1, 0.15) is 0 Å². The number of carbonyl (C=O) groups excluding carboxylic acids is 1. The highest BCUT2D eigenvalue weighted by molar-refractivity contribution is 5.81. The maximum absolute atomic E-state index is 10.7. The Morgan fingerprint density at radius 3 is 2.80 bits per heavy atom. The number of benzene rings is 1. The maximum atomic E-state index is 10.7. The van der Waals surface area contributed by atoms with E-state index < -0.39 is 0 Å². The highest BCUT2D eigenvalue weighted by atomic mass is 16.5. The summed E-state index contributed by atoms with van der Waals surface area (Å²) in [6, 6.07) is 10.1. The second-order valence-corrected chi connectivity index (χ2v) is 3.04. The number of methoxy groups -OCH3 is 1. The lowest BCUT2D eigenvalue weighted by molar-refractivity contribution is -0.134. The Labute approximate surface area is 89.8 Å². The molecule has 0 amide bonds. The summed E-state index contributed by atoms with van der Waals surface area (Å²) in [6.45, 7) is 1.45. The molecule has 3 nitrogen and oxygen atoms in total. The van der Waals surface area contributed by atoms with E-state index in [0.29, 0.717) is 6.54 Å². The first-order valence-corrected chi connectivity index (χ1v) is 4.82. The van der Waals surface area contributed by atoms with Gasteiger partial charge in [0.25, 0.3) is 0 Å². The summed E-state index contributed by atoms with van der Waals surface area (Å²) in [5, 5.41) is 3.19. The van der Waals surface area contributed by atoms with Crippen LogP contribution in [0.5, 0.6) is 0 Å².